The average Bonchev–Trinajstić information content (AvgIpc) is 2.48. The fourth-order valence-corrected chi connectivity index (χ4v) is 2.18. The number of ether oxygens (including phenoxy) is 2. The number of nitrogens with one attached hydrogen (secondary N) is 1. The summed E-state index contributed by atoms with van der Waals surface area (Å²) in [7, 11) is 3.18. The third-order valence-corrected chi connectivity index (χ3v) is 3.30. The van der Waals surface area contributed by atoms with Crippen LogP contribution in [0.5, 0.6) is 11.5 Å². The number of carbonyl (C=O) groups excluding carboxylic acids is 1. The predicted octanol–water partition coefficient (Wildman–Crippen LogP) is 3.00. The molecule has 1 aromatic carbocycles. The third kappa shape index (κ3) is 3.28. The molecule has 0 heterocycles. The van der Waals surface area contributed by atoms with Gasteiger partial charge in [0.05, 0.1) is 19.9 Å². The Balaban J connectivity index is 2.12. The SMILES string of the molecule is COc1ccc(OC)c(NC(=O)C2CC=CCC2)c1. The van der Waals surface area contributed by atoms with Gasteiger partial charge in [0, 0.05) is 12.0 Å². The molecule has 2 rings (SSSR count). The van der Waals surface area contributed by atoms with E-state index in [0.29, 0.717) is 17.2 Å². The molecule has 1 atom stereocenters. The number of carbonyl (C=O) groups is 1. The molecule has 0 spiro atoms. The molecule has 0 aliphatic heterocycles. The molecule has 1 aromatic rings. The average molecular weight is 261 g/mol. The Morgan fingerprint density at radius 1 is 1.26 bits per heavy atom. The summed E-state index contributed by atoms with van der Waals surface area (Å²) in [6.45, 7) is 0. The van der Waals surface area contributed by atoms with Crippen molar-refractivity contribution in [3.63, 3.8) is 0 Å². The molecule has 1 aliphatic carbocycles. The van der Waals surface area contributed by atoms with Gasteiger partial charge in [-0.05, 0) is 31.4 Å². The number of amides is 1. The number of benzene rings is 1. The first-order valence-corrected chi connectivity index (χ1v) is 6.42. The van der Waals surface area contributed by atoms with E-state index in [0.717, 1.165) is 19.3 Å². The van der Waals surface area contributed by atoms with E-state index < -0.39 is 0 Å². The molecule has 19 heavy (non-hydrogen) atoms. The molecule has 0 radical (unpaired) electrons. The van der Waals surface area contributed by atoms with Gasteiger partial charge < -0.3 is 14.8 Å². The second kappa shape index (κ2) is 6.27. The summed E-state index contributed by atoms with van der Waals surface area (Å²) in [4.78, 5) is 12.2. The molecule has 0 aromatic heterocycles. The van der Waals surface area contributed by atoms with Crippen molar-refractivity contribution in [3.8, 4) is 11.5 Å². The summed E-state index contributed by atoms with van der Waals surface area (Å²) in [6, 6.07) is 5.36. The summed E-state index contributed by atoms with van der Waals surface area (Å²) in [5.74, 6) is 1.41. The van der Waals surface area contributed by atoms with E-state index >= 15 is 0 Å². The second-order valence-corrected chi connectivity index (χ2v) is 4.54. The van der Waals surface area contributed by atoms with Crippen LogP contribution in [-0.2, 0) is 4.79 Å². The van der Waals surface area contributed by atoms with Crippen molar-refractivity contribution in [2.45, 2.75) is 19.3 Å². The van der Waals surface area contributed by atoms with Gasteiger partial charge in [-0.25, -0.2) is 0 Å². The van der Waals surface area contributed by atoms with Gasteiger partial charge in [-0.2, -0.15) is 0 Å². The molecule has 0 fully saturated rings. The lowest BCUT2D eigenvalue weighted by molar-refractivity contribution is -0.120. The van der Waals surface area contributed by atoms with Crippen LogP contribution in [0.15, 0.2) is 30.4 Å². The lowest BCUT2D eigenvalue weighted by Crippen LogP contribution is -2.23. The Morgan fingerprint density at radius 3 is 2.74 bits per heavy atom. The minimum atomic E-state index is 0.0379. The fourth-order valence-electron chi connectivity index (χ4n) is 2.18. The highest BCUT2D eigenvalue weighted by atomic mass is 16.5. The van der Waals surface area contributed by atoms with Gasteiger partial charge in [-0.1, -0.05) is 12.2 Å². The molecule has 4 heteroatoms. The van der Waals surface area contributed by atoms with Gasteiger partial charge in [-0.15, -0.1) is 0 Å². The zero-order valence-electron chi connectivity index (χ0n) is 11.3. The zero-order valence-corrected chi connectivity index (χ0v) is 11.3. The Morgan fingerprint density at radius 2 is 2.11 bits per heavy atom. The Labute approximate surface area is 113 Å². The largest absolute Gasteiger partial charge is 0.497 e. The highest BCUT2D eigenvalue weighted by molar-refractivity contribution is 5.94. The van der Waals surface area contributed by atoms with E-state index in [1.165, 1.54) is 0 Å². The van der Waals surface area contributed by atoms with Gasteiger partial charge in [0.15, 0.2) is 0 Å². The van der Waals surface area contributed by atoms with Gasteiger partial charge in [0.2, 0.25) is 5.91 Å². The van der Waals surface area contributed by atoms with Crippen molar-refractivity contribution in [1.82, 2.24) is 0 Å². The number of hydrogen-bond acceptors (Lipinski definition) is 3. The molecular weight excluding hydrogens is 242 g/mol. The van der Waals surface area contributed by atoms with Crippen molar-refractivity contribution < 1.29 is 14.3 Å². The first-order chi connectivity index (χ1) is 9.24. The van der Waals surface area contributed by atoms with Crippen LogP contribution in [-0.4, -0.2) is 20.1 Å². The molecule has 4 nitrogen and oxygen atoms in total. The molecule has 0 saturated carbocycles. The number of methoxy groups -OCH3 is 2. The maximum atomic E-state index is 12.2. The topological polar surface area (TPSA) is 47.6 Å². The standard InChI is InChI=1S/C15H19NO3/c1-18-12-8-9-14(19-2)13(10-12)16-15(17)11-6-4-3-5-7-11/h3-4,8-11H,5-7H2,1-2H3,(H,16,17). The molecular formula is C15H19NO3. The van der Waals surface area contributed by atoms with Crippen molar-refractivity contribution in [2.75, 3.05) is 19.5 Å². The minimum Gasteiger partial charge on any atom is -0.497 e. The van der Waals surface area contributed by atoms with E-state index in [2.05, 4.69) is 17.5 Å². The Kier molecular flexibility index (Phi) is 4.44. The lowest BCUT2D eigenvalue weighted by atomic mass is 9.93. The van der Waals surface area contributed by atoms with Crippen LogP contribution in [0.1, 0.15) is 19.3 Å². The summed E-state index contributed by atoms with van der Waals surface area (Å²) in [6.07, 6.45) is 6.85. The summed E-state index contributed by atoms with van der Waals surface area (Å²) in [5, 5.41) is 2.93. The molecule has 0 saturated heterocycles. The van der Waals surface area contributed by atoms with Gasteiger partial charge in [0.1, 0.15) is 11.5 Å². The second-order valence-electron chi connectivity index (χ2n) is 4.54. The van der Waals surface area contributed by atoms with Crippen molar-refractivity contribution in [1.29, 1.82) is 0 Å². The van der Waals surface area contributed by atoms with E-state index in [9.17, 15) is 4.79 Å². The van der Waals surface area contributed by atoms with E-state index in [1.807, 2.05) is 0 Å². The van der Waals surface area contributed by atoms with E-state index in [1.54, 1.807) is 32.4 Å². The summed E-state index contributed by atoms with van der Waals surface area (Å²) in [5.41, 5.74) is 0.654. The Hall–Kier alpha value is -1.97. The first-order valence-electron chi connectivity index (χ1n) is 6.42. The normalized spacial score (nSPS) is 17.9. The third-order valence-electron chi connectivity index (χ3n) is 3.30. The summed E-state index contributed by atoms with van der Waals surface area (Å²) < 4.78 is 10.4. The van der Waals surface area contributed by atoms with Crippen LogP contribution < -0.4 is 14.8 Å². The fraction of sp³-hybridized carbons (Fsp3) is 0.400. The van der Waals surface area contributed by atoms with Crippen LogP contribution in [0.3, 0.4) is 0 Å². The van der Waals surface area contributed by atoms with Crippen LogP contribution in [0.25, 0.3) is 0 Å². The monoisotopic (exact) mass is 261 g/mol. The smallest absolute Gasteiger partial charge is 0.227 e. The van der Waals surface area contributed by atoms with Crippen molar-refractivity contribution in [2.24, 2.45) is 5.92 Å². The van der Waals surface area contributed by atoms with Crippen LogP contribution in [0, 0.1) is 5.92 Å². The molecule has 102 valence electrons. The summed E-state index contributed by atoms with van der Waals surface area (Å²) >= 11 is 0. The van der Waals surface area contributed by atoms with Gasteiger partial charge >= 0.3 is 0 Å². The minimum absolute atomic E-state index is 0.0379. The van der Waals surface area contributed by atoms with E-state index in [-0.39, 0.29) is 11.8 Å². The van der Waals surface area contributed by atoms with Crippen LogP contribution >= 0.6 is 0 Å². The highest BCUT2D eigenvalue weighted by Crippen LogP contribution is 2.30. The molecule has 0 bridgehead atoms. The number of hydrogen-bond donors (Lipinski definition) is 1. The predicted molar refractivity (Wildman–Crippen MR) is 74.7 cm³/mol. The maximum absolute atomic E-state index is 12.2. The molecule has 1 unspecified atom stereocenters. The van der Waals surface area contributed by atoms with Gasteiger partial charge in [-0.3, -0.25) is 4.79 Å². The zero-order chi connectivity index (χ0) is 13.7. The van der Waals surface area contributed by atoms with Crippen molar-refractivity contribution in [3.05, 3.63) is 30.4 Å². The maximum Gasteiger partial charge on any atom is 0.227 e. The van der Waals surface area contributed by atoms with E-state index in [4.69, 9.17) is 9.47 Å². The number of anilines is 1. The van der Waals surface area contributed by atoms with Crippen molar-refractivity contribution >= 4 is 11.6 Å². The molecule has 1 aliphatic rings. The molecule has 1 N–H and O–H groups in total. The number of rotatable bonds is 4. The Bertz CT molecular complexity index is 482. The highest BCUT2D eigenvalue weighted by Gasteiger charge is 2.20. The number of allylic oxidation sites excluding steroid dienone is 2. The van der Waals surface area contributed by atoms with Gasteiger partial charge in [0.25, 0.3) is 0 Å². The van der Waals surface area contributed by atoms with Crippen LogP contribution in [0.2, 0.25) is 0 Å². The molecule has 1 amide bonds. The first kappa shape index (κ1) is 13.5. The van der Waals surface area contributed by atoms with Crippen LogP contribution in [0.4, 0.5) is 5.69 Å². The lowest BCUT2D eigenvalue weighted by Gasteiger charge is -2.18. The quantitative estimate of drug-likeness (QED) is 0.847.